The molecule has 1 aromatic carbocycles. The number of benzene rings is 1. The number of anilines is 2. The summed E-state index contributed by atoms with van der Waals surface area (Å²) in [4.78, 5) is 12.0. The first kappa shape index (κ1) is 13.4. The monoisotopic (exact) mass is 236 g/mol. The molecule has 2 N–H and O–H groups in total. The van der Waals surface area contributed by atoms with Crippen LogP contribution >= 0.6 is 0 Å². The lowest BCUT2D eigenvalue weighted by Crippen LogP contribution is -2.28. The van der Waals surface area contributed by atoms with E-state index in [9.17, 15) is 4.79 Å². The van der Waals surface area contributed by atoms with E-state index in [2.05, 4.69) is 10.6 Å². The zero-order chi connectivity index (χ0) is 13.1. The van der Waals surface area contributed by atoms with E-state index in [0.29, 0.717) is 11.4 Å². The Balaban J connectivity index is 3.08. The lowest BCUT2D eigenvalue weighted by molar-refractivity contribution is -0.123. The first-order valence-electron chi connectivity index (χ1n) is 5.56. The van der Waals surface area contributed by atoms with Gasteiger partial charge >= 0.3 is 0 Å². The Morgan fingerprint density at radius 1 is 1.29 bits per heavy atom. The van der Waals surface area contributed by atoms with Gasteiger partial charge in [-0.25, -0.2) is 0 Å². The first-order chi connectivity index (χ1) is 7.90. The third kappa shape index (κ3) is 3.12. The van der Waals surface area contributed by atoms with Crippen LogP contribution < -0.4 is 15.4 Å². The van der Waals surface area contributed by atoms with Gasteiger partial charge in [-0.1, -0.05) is 26.8 Å². The van der Waals surface area contributed by atoms with Gasteiger partial charge in [-0.15, -0.1) is 0 Å². The normalized spacial score (nSPS) is 10.9. The third-order valence-electron chi connectivity index (χ3n) is 2.44. The number of carbonyl (C=O) groups excluding carboxylic acids is 1. The fourth-order valence-electron chi connectivity index (χ4n) is 1.34. The number of para-hydroxylation sites is 1. The molecule has 0 atom stereocenters. The van der Waals surface area contributed by atoms with Crippen molar-refractivity contribution in [3.63, 3.8) is 0 Å². The molecule has 0 spiro atoms. The van der Waals surface area contributed by atoms with Crippen LogP contribution in [-0.2, 0) is 4.79 Å². The highest BCUT2D eigenvalue weighted by molar-refractivity contribution is 5.99. The maximum atomic E-state index is 12.0. The van der Waals surface area contributed by atoms with Gasteiger partial charge in [0.15, 0.2) is 0 Å². The average molecular weight is 236 g/mol. The maximum Gasteiger partial charge on any atom is 0.229 e. The fraction of sp³-hybridized carbons (Fsp3) is 0.462. The molecule has 0 aliphatic heterocycles. The number of hydrogen-bond donors (Lipinski definition) is 2. The Hall–Kier alpha value is -1.71. The summed E-state index contributed by atoms with van der Waals surface area (Å²) in [5.74, 6) is 0.605. The van der Waals surface area contributed by atoms with Crippen LogP contribution in [0.25, 0.3) is 0 Å². The Morgan fingerprint density at radius 2 is 1.94 bits per heavy atom. The summed E-state index contributed by atoms with van der Waals surface area (Å²) in [6, 6.07) is 5.58. The molecule has 1 amide bonds. The lowest BCUT2D eigenvalue weighted by Gasteiger charge is -2.20. The highest BCUT2D eigenvalue weighted by Gasteiger charge is 2.23. The third-order valence-corrected chi connectivity index (χ3v) is 2.44. The van der Waals surface area contributed by atoms with E-state index in [0.717, 1.165) is 5.69 Å². The summed E-state index contributed by atoms with van der Waals surface area (Å²) in [5, 5.41) is 5.93. The molecule has 0 heterocycles. The summed E-state index contributed by atoms with van der Waals surface area (Å²) >= 11 is 0. The molecule has 1 rings (SSSR count). The van der Waals surface area contributed by atoms with Gasteiger partial charge in [0.2, 0.25) is 5.91 Å². The average Bonchev–Trinajstić information content (AvgIpc) is 2.28. The van der Waals surface area contributed by atoms with Crippen LogP contribution in [0, 0.1) is 5.41 Å². The minimum atomic E-state index is -0.439. The van der Waals surface area contributed by atoms with Crippen molar-refractivity contribution in [3.05, 3.63) is 18.2 Å². The predicted octanol–water partition coefficient (Wildman–Crippen LogP) is 2.72. The molecule has 94 valence electrons. The summed E-state index contributed by atoms with van der Waals surface area (Å²) in [5.41, 5.74) is 1.07. The SMILES string of the molecule is CNc1cccc(OC)c1NC(=O)C(C)(C)C. The van der Waals surface area contributed by atoms with Crippen LogP contribution in [0.5, 0.6) is 5.75 Å². The van der Waals surface area contributed by atoms with Crippen molar-refractivity contribution in [3.8, 4) is 5.75 Å². The Bertz CT molecular complexity index is 386. The molecule has 0 aromatic heterocycles. The van der Waals surface area contributed by atoms with Gasteiger partial charge in [-0.2, -0.15) is 0 Å². The van der Waals surface area contributed by atoms with Gasteiger partial charge in [-0.3, -0.25) is 4.79 Å². The van der Waals surface area contributed by atoms with Crippen molar-refractivity contribution in [2.75, 3.05) is 24.8 Å². The largest absolute Gasteiger partial charge is 0.494 e. The highest BCUT2D eigenvalue weighted by Crippen LogP contribution is 2.33. The van der Waals surface area contributed by atoms with Gasteiger partial charge in [0.1, 0.15) is 11.4 Å². The van der Waals surface area contributed by atoms with Crippen LogP contribution in [0.3, 0.4) is 0 Å². The van der Waals surface area contributed by atoms with Crippen LogP contribution in [-0.4, -0.2) is 20.1 Å². The van der Waals surface area contributed by atoms with Crippen molar-refractivity contribution in [1.82, 2.24) is 0 Å². The van der Waals surface area contributed by atoms with Crippen LogP contribution in [0.2, 0.25) is 0 Å². The number of hydrogen-bond acceptors (Lipinski definition) is 3. The zero-order valence-corrected chi connectivity index (χ0v) is 11.0. The molecule has 0 saturated heterocycles. The second kappa shape index (κ2) is 5.08. The minimum absolute atomic E-state index is 0.0431. The number of rotatable bonds is 3. The lowest BCUT2D eigenvalue weighted by atomic mass is 9.95. The van der Waals surface area contributed by atoms with E-state index in [1.807, 2.05) is 46.0 Å². The minimum Gasteiger partial charge on any atom is -0.494 e. The smallest absolute Gasteiger partial charge is 0.229 e. The van der Waals surface area contributed by atoms with E-state index < -0.39 is 5.41 Å². The van der Waals surface area contributed by atoms with Gasteiger partial charge in [0.25, 0.3) is 0 Å². The number of ether oxygens (including phenoxy) is 1. The molecular weight excluding hydrogens is 216 g/mol. The molecule has 1 aromatic rings. The number of amides is 1. The maximum absolute atomic E-state index is 12.0. The molecule has 4 heteroatoms. The van der Waals surface area contributed by atoms with Crippen LogP contribution in [0.1, 0.15) is 20.8 Å². The molecular formula is C13H20N2O2. The fourth-order valence-corrected chi connectivity index (χ4v) is 1.34. The van der Waals surface area contributed by atoms with Crippen molar-refractivity contribution in [2.24, 2.45) is 5.41 Å². The van der Waals surface area contributed by atoms with E-state index >= 15 is 0 Å². The van der Waals surface area contributed by atoms with Gasteiger partial charge in [0, 0.05) is 12.5 Å². The summed E-state index contributed by atoms with van der Waals surface area (Å²) < 4.78 is 5.25. The van der Waals surface area contributed by atoms with E-state index in [-0.39, 0.29) is 5.91 Å². The molecule has 0 bridgehead atoms. The topological polar surface area (TPSA) is 50.4 Å². The second-order valence-electron chi connectivity index (χ2n) is 4.84. The molecule has 0 radical (unpaired) electrons. The predicted molar refractivity (Wildman–Crippen MR) is 70.6 cm³/mol. The second-order valence-corrected chi connectivity index (χ2v) is 4.84. The summed E-state index contributed by atoms with van der Waals surface area (Å²) in [6.45, 7) is 5.62. The number of carbonyl (C=O) groups is 1. The van der Waals surface area contributed by atoms with E-state index in [1.165, 1.54) is 0 Å². The first-order valence-corrected chi connectivity index (χ1v) is 5.56. The molecule has 0 fully saturated rings. The van der Waals surface area contributed by atoms with Gasteiger partial charge in [0.05, 0.1) is 12.8 Å². The zero-order valence-electron chi connectivity index (χ0n) is 11.0. The Labute approximate surface area is 102 Å². The summed E-state index contributed by atoms with van der Waals surface area (Å²) in [6.07, 6.45) is 0. The van der Waals surface area contributed by atoms with Crippen molar-refractivity contribution >= 4 is 17.3 Å². The van der Waals surface area contributed by atoms with Crippen LogP contribution in [0.15, 0.2) is 18.2 Å². The molecule has 17 heavy (non-hydrogen) atoms. The van der Waals surface area contributed by atoms with Gasteiger partial charge in [-0.05, 0) is 12.1 Å². The quantitative estimate of drug-likeness (QED) is 0.848. The Morgan fingerprint density at radius 3 is 2.41 bits per heavy atom. The van der Waals surface area contributed by atoms with E-state index in [4.69, 9.17) is 4.74 Å². The highest BCUT2D eigenvalue weighted by atomic mass is 16.5. The van der Waals surface area contributed by atoms with E-state index in [1.54, 1.807) is 7.11 Å². The summed E-state index contributed by atoms with van der Waals surface area (Å²) in [7, 11) is 3.39. The van der Waals surface area contributed by atoms with Crippen molar-refractivity contribution in [1.29, 1.82) is 0 Å². The number of nitrogens with one attached hydrogen (secondary N) is 2. The molecule has 0 aliphatic carbocycles. The molecule has 0 saturated carbocycles. The van der Waals surface area contributed by atoms with Crippen molar-refractivity contribution < 1.29 is 9.53 Å². The molecule has 0 aliphatic rings. The Kier molecular flexibility index (Phi) is 3.99. The van der Waals surface area contributed by atoms with Crippen molar-refractivity contribution in [2.45, 2.75) is 20.8 Å². The molecule has 0 unspecified atom stereocenters. The number of methoxy groups -OCH3 is 1. The molecule has 4 nitrogen and oxygen atoms in total. The van der Waals surface area contributed by atoms with Gasteiger partial charge < -0.3 is 15.4 Å². The standard InChI is InChI=1S/C13H20N2O2/c1-13(2,3)12(16)15-11-9(14-4)7-6-8-10(11)17-5/h6-8,14H,1-5H3,(H,15,16). The van der Waals surface area contributed by atoms with Crippen LogP contribution in [0.4, 0.5) is 11.4 Å².